The normalized spacial score (nSPS) is 20.0. The van der Waals surface area contributed by atoms with E-state index in [1.165, 1.54) is 18.2 Å². The van der Waals surface area contributed by atoms with Crippen LogP contribution in [0.4, 0.5) is 5.69 Å². The van der Waals surface area contributed by atoms with Gasteiger partial charge in [-0.1, -0.05) is 6.07 Å². The monoisotopic (exact) mass is 394 g/mol. The molecule has 1 aromatic carbocycles. The van der Waals surface area contributed by atoms with Gasteiger partial charge < -0.3 is 4.84 Å². The highest BCUT2D eigenvalue weighted by molar-refractivity contribution is 7.87. The molecule has 1 aromatic rings. The Morgan fingerprint density at radius 3 is 2.30 bits per heavy atom. The lowest BCUT2D eigenvalue weighted by Crippen LogP contribution is -2.36. The van der Waals surface area contributed by atoms with Gasteiger partial charge in [0.15, 0.2) is 5.25 Å². The van der Waals surface area contributed by atoms with E-state index in [4.69, 9.17) is 4.55 Å². The quantitative estimate of drug-likeness (QED) is 0.510. The maximum Gasteiger partial charge on any atom is 0.363 e. The number of carbonyl (C=O) groups excluding carboxylic acids is 5. The van der Waals surface area contributed by atoms with Crippen LogP contribution >= 0.6 is 0 Å². The molecule has 0 saturated carbocycles. The second kappa shape index (κ2) is 6.41. The third kappa shape index (κ3) is 3.35. The summed E-state index contributed by atoms with van der Waals surface area (Å²) in [7, 11) is -4.84. The van der Waals surface area contributed by atoms with Crippen LogP contribution in [0.15, 0.2) is 36.4 Å². The van der Waals surface area contributed by atoms with Crippen LogP contribution in [-0.2, 0) is 34.1 Å². The van der Waals surface area contributed by atoms with Gasteiger partial charge in [0.25, 0.3) is 33.7 Å². The van der Waals surface area contributed by atoms with Crippen molar-refractivity contribution in [3.63, 3.8) is 0 Å². The molecule has 0 aromatic heterocycles. The number of imide groups is 2. The zero-order valence-corrected chi connectivity index (χ0v) is 14.1. The van der Waals surface area contributed by atoms with Gasteiger partial charge in [-0.3, -0.25) is 23.7 Å². The number of carbonyl (C=O) groups is 5. The minimum atomic E-state index is -4.84. The summed E-state index contributed by atoms with van der Waals surface area (Å²) < 4.78 is 31.1. The molecule has 0 bridgehead atoms. The van der Waals surface area contributed by atoms with Crippen molar-refractivity contribution < 1.29 is 41.8 Å². The fraction of sp³-hybridized carbons (Fsp3) is 0.133. The number of rotatable bonds is 4. The van der Waals surface area contributed by atoms with Gasteiger partial charge in [-0.25, -0.2) is 9.69 Å². The Kier molecular flexibility index (Phi) is 4.37. The molecule has 2 aliphatic rings. The molecule has 140 valence electrons. The molecule has 0 aliphatic carbocycles. The molecule has 4 amide bonds. The largest absolute Gasteiger partial charge is 0.363 e. The molecule has 1 atom stereocenters. The Balaban J connectivity index is 1.80. The van der Waals surface area contributed by atoms with Gasteiger partial charge in [-0.15, -0.1) is 5.06 Å². The van der Waals surface area contributed by atoms with Gasteiger partial charge in [0.05, 0.1) is 17.7 Å². The number of anilines is 1. The summed E-state index contributed by atoms with van der Waals surface area (Å²) in [5.41, 5.74) is -0.157. The first-order valence-electron chi connectivity index (χ1n) is 7.31. The van der Waals surface area contributed by atoms with E-state index in [2.05, 4.69) is 4.84 Å². The molecule has 2 heterocycles. The van der Waals surface area contributed by atoms with E-state index < -0.39 is 51.4 Å². The Morgan fingerprint density at radius 2 is 1.74 bits per heavy atom. The van der Waals surface area contributed by atoms with E-state index >= 15 is 0 Å². The number of hydrogen-bond donors (Lipinski definition) is 1. The molecule has 0 spiro atoms. The number of benzene rings is 1. The van der Waals surface area contributed by atoms with Crippen LogP contribution in [0.2, 0.25) is 0 Å². The summed E-state index contributed by atoms with van der Waals surface area (Å²) in [4.78, 5) is 64.6. The minimum Gasteiger partial charge on any atom is -0.325 e. The van der Waals surface area contributed by atoms with E-state index in [9.17, 15) is 32.4 Å². The van der Waals surface area contributed by atoms with Crippen LogP contribution in [0.5, 0.6) is 0 Å². The van der Waals surface area contributed by atoms with Crippen molar-refractivity contribution in [2.45, 2.75) is 11.7 Å². The van der Waals surface area contributed by atoms with Crippen molar-refractivity contribution in [2.24, 2.45) is 0 Å². The molecule has 0 radical (unpaired) electrons. The highest BCUT2D eigenvalue weighted by Gasteiger charge is 2.48. The van der Waals surface area contributed by atoms with E-state index in [1.54, 1.807) is 0 Å². The van der Waals surface area contributed by atoms with Crippen molar-refractivity contribution in [3.05, 3.63) is 42.0 Å². The van der Waals surface area contributed by atoms with Crippen LogP contribution in [0.3, 0.4) is 0 Å². The fourth-order valence-electron chi connectivity index (χ4n) is 2.47. The van der Waals surface area contributed by atoms with Crippen LogP contribution in [0, 0.1) is 0 Å². The summed E-state index contributed by atoms with van der Waals surface area (Å²) >= 11 is 0. The molecule has 27 heavy (non-hydrogen) atoms. The van der Waals surface area contributed by atoms with Gasteiger partial charge in [0.1, 0.15) is 0 Å². The molecular formula is C15H10N2O9S. The molecule has 1 N–H and O–H groups in total. The first kappa shape index (κ1) is 18.4. The molecule has 11 nitrogen and oxygen atoms in total. The van der Waals surface area contributed by atoms with Crippen LogP contribution in [-0.4, -0.2) is 52.9 Å². The highest BCUT2D eigenvalue weighted by Crippen LogP contribution is 2.23. The van der Waals surface area contributed by atoms with Crippen LogP contribution < -0.4 is 4.90 Å². The molecule has 2 aliphatic heterocycles. The summed E-state index contributed by atoms with van der Waals surface area (Å²) in [5.74, 6) is -4.97. The molecule has 0 unspecified atom stereocenters. The lowest BCUT2D eigenvalue weighted by molar-refractivity contribution is -0.172. The number of amides is 4. The van der Waals surface area contributed by atoms with Crippen molar-refractivity contribution in [1.29, 1.82) is 0 Å². The summed E-state index contributed by atoms with van der Waals surface area (Å²) in [6, 6.07) is 5.06. The number of nitrogens with zero attached hydrogens (tertiary/aromatic N) is 2. The number of hydroxylamine groups is 2. The average molecular weight is 394 g/mol. The Morgan fingerprint density at radius 1 is 1.11 bits per heavy atom. The standard InChI is InChI=1S/C15H10N2O9S/c18-11-4-5-12(19)16(11)9-3-1-2-8(6-9)15(22)26-17-13(20)7-10(14(17)21)27(23,24)25/h1-6,10H,7H2,(H,23,24,25)/t10-/m1/s1. The molecule has 12 heteroatoms. The average Bonchev–Trinajstić information content (AvgIpc) is 3.08. The fourth-order valence-corrected chi connectivity index (χ4v) is 3.18. The Hall–Kier alpha value is -3.38. The van der Waals surface area contributed by atoms with E-state index in [1.807, 2.05) is 0 Å². The lowest BCUT2D eigenvalue weighted by Gasteiger charge is -2.16. The first-order chi connectivity index (χ1) is 12.6. The van der Waals surface area contributed by atoms with Crippen LogP contribution in [0.1, 0.15) is 16.8 Å². The maximum absolute atomic E-state index is 12.2. The molecule has 3 rings (SSSR count). The third-order valence-corrected chi connectivity index (χ3v) is 4.83. The lowest BCUT2D eigenvalue weighted by atomic mass is 10.2. The van der Waals surface area contributed by atoms with Gasteiger partial charge in [-0.2, -0.15) is 8.42 Å². The van der Waals surface area contributed by atoms with Gasteiger partial charge >= 0.3 is 5.97 Å². The summed E-state index contributed by atoms with van der Waals surface area (Å²) in [6.45, 7) is 0. The zero-order chi connectivity index (χ0) is 19.9. The SMILES string of the molecule is O=C(ON1C(=O)C[C@@H](S(=O)(=O)O)C1=O)c1cccc(N2C(=O)C=CC2=O)c1. The van der Waals surface area contributed by atoms with Gasteiger partial charge in [-0.05, 0) is 18.2 Å². The predicted octanol–water partition coefficient (Wildman–Crippen LogP) is -0.797. The third-order valence-electron chi connectivity index (χ3n) is 3.75. The Bertz CT molecular complexity index is 1010. The van der Waals surface area contributed by atoms with E-state index in [0.29, 0.717) is 0 Å². The Labute approximate surface area is 151 Å². The van der Waals surface area contributed by atoms with Gasteiger partial charge in [0, 0.05) is 12.2 Å². The number of hydrogen-bond acceptors (Lipinski definition) is 8. The van der Waals surface area contributed by atoms with Crippen LogP contribution in [0.25, 0.3) is 0 Å². The highest BCUT2D eigenvalue weighted by atomic mass is 32.2. The summed E-state index contributed by atoms with van der Waals surface area (Å²) in [5, 5.41) is -2.09. The van der Waals surface area contributed by atoms with E-state index in [0.717, 1.165) is 23.1 Å². The second-order valence-electron chi connectivity index (χ2n) is 5.51. The zero-order valence-electron chi connectivity index (χ0n) is 13.3. The summed E-state index contributed by atoms with van der Waals surface area (Å²) in [6.07, 6.45) is 1.22. The molecule has 1 fully saturated rings. The van der Waals surface area contributed by atoms with Crippen molar-refractivity contribution in [1.82, 2.24) is 5.06 Å². The topological polar surface area (TPSA) is 155 Å². The first-order valence-corrected chi connectivity index (χ1v) is 8.81. The minimum absolute atomic E-state index is 0.0405. The van der Waals surface area contributed by atoms with Crippen molar-refractivity contribution >= 4 is 45.4 Å². The van der Waals surface area contributed by atoms with Gasteiger partial charge in [0.2, 0.25) is 0 Å². The van der Waals surface area contributed by atoms with Crippen molar-refractivity contribution in [2.75, 3.05) is 4.90 Å². The van der Waals surface area contributed by atoms with Crippen molar-refractivity contribution in [3.8, 4) is 0 Å². The second-order valence-corrected chi connectivity index (χ2v) is 7.11. The predicted molar refractivity (Wildman–Crippen MR) is 85.3 cm³/mol. The molecular weight excluding hydrogens is 384 g/mol. The molecule has 1 saturated heterocycles. The van der Waals surface area contributed by atoms with E-state index in [-0.39, 0.29) is 16.3 Å². The smallest absolute Gasteiger partial charge is 0.325 e. The maximum atomic E-state index is 12.2.